The van der Waals surface area contributed by atoms with Crippen LogP contribution in [0, 0.1) is 0 Å². The highest BCUT2D eigenvalue weighted by Crippen LogP contribution is 2.28. The van der Waals surface area contributed by atoms with Gasteiger partial charge in [-0.25, -0.2) is 5.43 Å². The van der Waals surface area contributed by atoms with Gasteiger partial charge in [-0.2, -0.15) is 5.10 Å². The lowest BCUT2D eigenvalue weighted by atomic mass is 10.2. The summed E-state index contributed by atoms with van der Waals surface area (Å²) in [6, 6.07) is 16.8. The lowest BCUT2D eigenvalue weighted by Crippen LogP contribution is -2.22. The number of hydrogen-bond acceptors (Lipinski definition) is 6. The average molecular weight is 402 g/mol. The maximum atomic E-state index is 12.4. The van der Waals surface area contributed by atoms with E-state index in [9.17, 15) is 14.7 Å². The van der Waals surface area contributed by atoms with Crippen molar-refractivity contribution < 1.29 is 23.8 Å². The highest BCUT2D eigenvalue weighted by atomic mass is 16.5. The van der Waals surface area contributed by atoms with Gasteiger partial charge in [-0.15, -0.1) is 0 Å². The van der Waals surface area contributed by atoms with Crippen molar-refractivity contribution in [2.24, 2.45) is 5.10 Å². The molecule has 0 aliphatic rings. The molecule has 8 nitrogen and oxygen atoms in total. The number of amides is 1. The first-order chi connectivity index (χ1) is 14.6. The Balaban J connectivity index is 1.50. The molecule has 0 bridgehead atoms. The van der Waals surface area contributed by atoms with Crippen LogP contribution in [0.2, 0.25) is 0 Å². The molecule has 4 rings (SSSR count). The Hall–Kier alpha value is -4.33. The van der Waals surface area contributed by atoms with Crippen LogP contribution in [0.1, 0.15) is 26.6 Å². The first-order valence-electron chi connectivity index (χ1n) is 8.96. The van der Waals surface area contributed by atoms with Gasteiger partial charge in [0.15, 0.2) is 17.1 Å². The van der Waals surface area contributed by atoms with Crippen molar-refractivity contribution in [1.82, 2.24) is 9.99 Å². The van der Waals surface area contributed by atoms with Crippen LogP contribution in [0.5, 0.6) is 5.75 Å². The summed E-state index contributed by atoms with van der Waals surface area (Å²) in [5.74, 6) is -1.08. The first kappa shape index (κ1) is 19.0. The van der Waals surface area contributed by atoms with E-state index in [1.54, 1.807) is 47.2 Å². The predicted octanol–water partition coefficient (Wildman–Crippen LogP) is 2.36. The summed E-state index contributed by atoms with van der Waals surface area (Å²) in [4.78, 5) is 23.3. The summed E-state index contributed by atoms with van der Waals surface area (Å²) >= 11 is 0. The van der Waals surface area contributed by atoms with E-state index < -0.39 is 11.9 Å². The molecule has 0 unspecified atom stereocenters. The van der Waals surface area contributed by atoms with Crippen molar-refractivity contribution in [3.8, 4) is 11.4 Å². The molecule has 0 saturated carbocycles. The molecule has 0 atom stereocenters. The number of carbonyl (C=O) groups excluding carboxylic acids is 2. The zero-order valence-corrected chi connectivity index (χ0v) is 15.9. The fraction of sp³-hybridized carbons (Fsp3) is 0.0455. The van der Waals surface area contributed by atoms with Gasteiger partial charge in [0.2, 0.25) is 0 Å². The Morgan fingerprint density at radius 2 is 1.93 bits per heavy atom. The number of benzene rings is 2. The van der Waals surface area contributed by atoms with Crippen molar-refractivity contribution in [2.45, 2.75) is 0 Å². The van der Waals surface area contributed by atoms with Crippen LogP contribution < -0.4 is 15.3 Å². The molecular weight excluding hydrogens is 386 g/mol. The van der Waals surface area contributed by atoms with Gasteiger partial charge in [0, 0.05) is 17.3 Å². The Bertz CT molecular complexity index is 1250. The number of aromatic nitrogens is 1. The normalized spacial score (nSPS) is 11.1. The molecule has 0 aliphatic heterocycles. The van der Waals surface area contributed by atoms with Gasteiger partial charge in [-0.05, 0) is 42.0 Å². The highest BCUT2D eigenvalue weighted by molar-refractivity contribution is 5.97. The number of fused-ring (bicyclic) bond motifs is 1. The third-order valence-electron chi connectivity index (χ3n) is 4.48. The summed E-state index contributed by atoms with van der Waals surface area (Å²) in [5.41, 5.74) is 4.44. The molecule has 0 fully saturated rings. The van der Waals surface area contributed by atoms with Crippen molar-refractivity contribution in [2.75, 3.05) is 7.11 Å². The maximum Gasteiger partial charge on any atom is 0.307 e. The van der Waals surface area contributed by atoms with E-state index in [1.807, 2.05) is 12.1 Å². The number of furan rings is 1. The second-order valence-electron chi connectivity index (χ2n) is 6.33. The van der Waals surface area contributed by atoms with Crippen LogP contribution in [0.3, 0.4) is 0 Å². The van der Waals surface area contributed by atoms with Crippen LogP contribution in [0.4, 0.5) is 0 Å². The van der Waals surface area contributed by atoms with Crippen molar-refractivity contribution in [3.63, 3.8) is 0 Å². The number of ether oxygens (including phenoxy) is 1. The minimum atomic E-state index is -1.23. The number of carbonyl (C=O) groups is 2. The minimum Gasteiger partial charge on any atom is -0.545 e. The maximum absolute atomic E-state index is 12.4. The molecule has 4 aromatic rings. The van der Waals surface area contributed by atoms with Crippen molar-refractivity contribution in [3.05, 3.63) is 83.9 Å². The molecule has 0 radical (unpaired) electrons. The molecular formula is C22H16N3O5-. The number of rotatable bonds is 6. The van der Waals surface area contributed by atoms with E-state index in [-0.39, 0.29) is 11.3 Å². The zero-order chi connectivity index (χ0) is 21.1. The Morgan fingerprint density at radius 1 is 1.13 bits per heavy atom. The number of nitrogens with one attached hydrogen (secondary N) is 1. The van der Waals surface area contributed by atoms with Crippen molar-refractivity contribution >= 4 is 29.1 Å². The minimum absolute atomic E-state index is 0.0934. The third-order valence-corrected chi connectivity index (χ3v) is 4.48. The van der Waals surface area contributed by atoms with Gasteiger partial charge in [0.1, 0.15) is 0 Å². The van der Waals surface area contributed by atoms with E-state index in [1.165, 1.54) is 25.5 Å². The Morgan fingerprint density at radius 3 is 2.67 bits per heavy atom. The smallest absolute Gasteiger partial charge is 0.307 e. The number of para-hydroxylation sites is 1. The molecule has 0 aliphatic carbocycles. The number of hydrazone groups is 1. The topological polar surface area (TPSA) is 109 Å². The first-order valence-corrected chi connectivity index (χ1v) is 8.96. The molecule has 0 spiro atoms. The number of carboxylic acids is 1. The quantitative estimate of drug-likeness (QED) is 0.393. The standard InChI is InChI=1S/C22H17N3O5/c1-29-18-6-2-4-15-12-19(30-20(15)18)21(26)24-23-13-17-5-3-11-25(17)16-9-7-14(8-10-16)22(27)28/h2-13H,1H3,(H,24,26)(H,27,28)/p-1/b23-13-. The van der Waals surface area contributed by atoms with E-state index >= 15 is 0 Å². The van der Waals surface area contributed by atoms with E-state index in [0.717, 1.165) is 11.1 Å². The SMILES string of the molecule is COc1cccc2cc(C(=O)N/N=C\c3cccn3-c3ccc(C(=O)[O-])cc3)oc12. The molecule has 1 amide bonds. The molecule has 1 N–H and O–H groups in total. The fourth-order valence-electron chi connectivity index (χ4n) is 3.01. The summed E-state index contributed by atoms with van der Waals surface area (Å²) in [5, 5.41) is 15.6. The molecule has 150 valence electrons. The van der Waals surface area contributed by atoms with Gasteiger partial charge in [-0.3, -0.25) is 4.79 Å². The molecule has 2 aromatic heterocycles. The Labute approximate surface area is 171 Å². The van der Waals surface area contributed by atoms with Crippen LogP contribution in [-0.2, 0) is 0 Å². The molecule has 2 aromatic carbocycles. The van der Waals surface area contributed by atoms with Crippen LogP contribution in [-0.4, -0.2) is 29.8 Å². The summed E-state index contributed by atoms with van der Waals surface area (Å²) < 4.78 is 12.6. The molecule has 0 saturated heterocycles. The number of carboxylic acid groups (broad SMARTS) is 1. The number of methoxy groups -OCH3 is 1. The lowest BCUT2D eigenvalue weighted by Gasteiger charge is -2.08. The van der Waals surface area contributed by atoms with Gasteiger partial charge in [-0.1, -0.05) is 24.3 Å². The van der Waals surface area contributed by atoms with Gasteiger partial charge in [0.05, 0.1) is 25.0 Å². The number of nitrogens with zero attached hydrogens (tertiary/aromatic N) is 2. The van der Waals surface area contributed by atoms with Crippen LogP contribution >= 0.6 is 0 Å². The molecule has 8 heteroatoms. The van der Waals surface area contributed by atoms with Gasteiger partial charge >= 0.3 is 5.91 Å². The summed E-state index contributed by atoms with van der Waals surface area (Å²) in [7, 11) is 1.53. The number of aromatic carboxylic acids is 1. The van der Waals surface area contributed by atoms with E-state index in [2.05, 4.69) is 10.5 Å². The number of hydrogen-bond donors (Lipinski definition) is 1. The van der Waals surface area contributed by atoms with Crippen LogP contribution in [0.15, 0.2) is 76.4 Å². The largest absolute Gasteiger partial charge is 0.545 e. The fourth-order valence-corrected chi connectivity index (χ4v) is 3.01. The van der Waals surface area contributed by atoms with E-state index in [4.69, 9.17) is 9.15 Å². The third kappa shape index (κ3) is 3.66. The van der Waals surface area contributed by atoms with Gasteiger partial charge < -0.3 is 23.6 Å². The highest BCUT2D eigenvalue weighted by Gasteiger charge is 2.14. The molecule has 30 heavy (non-hydrogen) atoms. The van der Waals surface area contributed by atoms with E-state index in [0.29, 0.717) is 17.0 Å². The molecule has 2 heterocycles. The summed E-state index contributed by atoms with van der Waals surface area (Å²) in [6.07, 6.45) is 3.27. The van der Waals surface area contributed by atoms with Crippen molar-refractivity contribution in [1.29, 1.82) is 0 Å². The monoisotopic (exact) mass is 402 g/mol. The predicted molar refractivity (Wildman–Crippen MR) is 108 cm³/mol. The van der Waals surface area contributed by atoms with Crippen LogP contribution in [0.25, 0.3) is 16.7 Å². The summed E-state index contributed by atoms with van der Waals surface area (Å²) in [6.45, 7) is 0. The lowest BCUT2D eigenvalue weighted by molar-refractivity contribution is -0.255. The second-order valence-corrected chi connectivity index (χ2v) is 6.33. The Kier molecular flexibility index (Phi) is 5.04. The second kappa shape index (κ2) is 7.96. The average Bonchev–Trinajstić information content (AvgIpc) is 3.40. The van der Waals surface area contributed by atoms with Gasteiger partial charge in [0.25, 0.3) is 0 Å². The zero-order valence-electron chi connectivity index (χ0n) is 15.9.